The van der Waals surface area contributed by atoms with E-state index in [0.29, 0.717) is 28.5 Å². The fraction of sp³-hybridized carbons (Fsp3) is 0.154. The second-order valence-corrected chi connectivity index (χ2v) is 4.87. The monoisotopic (exact) mass is 308 g/mol. The van der Waals surface area contributed by atoms with Crippen molar-refractivity contribution in [1.82, 2.24) is 0 Å². The molecule has 1 aromatic carbocycles. The molecule has 0 fully saturated rings. The molecule has 4 nitrogen and oxygen atoms in total. The van der Waals surface area contributed by atoms with Crippen LogP contribution in [0.4, 0.5) is 11.4 Å². The summed E-state index contributed by atoms with van der Waals surface area (Å²) in [5, 5.41) is 2.81. The van der Waals surface area contributed by atoms with Crippen molar-refractivity contribution in [1.29, 1.82) is 0 Å². The Labute approximate surface area is 113 Å². The third kappa shape index (κ3) is 2.56. The molecule has 0 saturated heterocycles. The average Bonchev–Trinajstić information content (AvgIpc) is 2.62. The molecule has 0 aliphatic heterocycles. The predicted molar refractivity (Wildman–Crippen MR) is 74.7 cm³/mol. The van der Waals surface area contributed by atoms with Gasteiger partial charge in [0.05, 0.1) is 11.3 Å². The van der Waals surface area contributed by atoms with Crippen molar-refractivity contribution in [3.63, 3.8) is 0 Å². The first kappa shape index (κ1) is 12.7. The second kappa shape index (κ2) is 4.86. The van der Waals surface area contributed by atoms with E-state index >= 15 is 0 Å². The molecule has 0 radical (unpaired) electrons. The number of hydrogen-bond acceptors (Lipinski definition) is 3. The molecular weight excluding hydrogens is 296 g/mol. The van der Waals surface area contributed by atoms with Gasteiger partial charge < -0.3 is 15.5 Å². The minimum atomic E-state index is -0.199. The third-order valence-corrected chi connectivity index (χ3v) is 3.18. The molecule has 1 heterocycles. The molecule has 0 unspecified atom stereocenters. The zero-order valence-electron chi connectivity index (χ0n) is 10.1. The first-order valence-electron chi connectivity index (χ1n) is 5.41. The van der Waals surface area contributed by atoms with Gasteiger partial charge in [0.15, 0.2) is 0 Å². The largest absolute Gasteiger partial charge is 0.466 e. The molecule has 2 rings (SSSR count). The highest BCUT2D eigenvalue weighted by Gasteiger charge is 2.14. The number of aryl methyl sites for hydroxylation is 2. The van der Waals surface area contributed by atoms with Crippen molar-refractivity contribution in [3.05, 3.63) is 45.8 Å². The summed E-state index contributed by atoms with van der Waals surface area (Å²) in [6, 6.07) is 6.94. The van der Waals surface area contributed by atoms with Crippen LogP contribution in [0.15, 0.2) is 33.2 Å². The van der Waals surface area contributed by atoms with E-state index in [1.165, 1.54) is 0 Å². The number of anilines is 2. The Morgan fingerprint density at radius 1 is 1.33 bits per heavy atom. The highest BCUT2D eigenvalue weighted by Crippen LogP contribution is 2.25. The van der Waals surface area contributed by atoms with E-state index in [4.69, 9.17) is 10.2 Å². The van der Waals surface area contributed by atoms with E-state index in [1.807, 2.05) is 6.92 Å². The van der Waals surface area contributed by atoms with E-state index < -0.39 is 0 Å². The molecule has 2 aromatic rings. The molecule has 94 valence electrons. The van der Waals surface area contributed by atoms with Gasteiger partial charge >= 0.3 is 0 Å². The second-order valence-electron chi connectivity index (χ2n) is 4.02. The van der Waals surface area contributed by atoms with E-state index in [2.05, 4.69) is 21.2 Å². The maximum Gasteiger partial charge on any atom is 0.259 e. The molecule has 0 atom stereocenters. The van der Waals surface area contributed by atoms with Crippen LogP contribution in [0.2, 0.25) is 0 Å². The van der Waals surface area contributed by atoms with Gasteiger partial charge in [0.1, 0.15) is 11.5 Å². The van der Waals surface area contributed by atoms with Gasteiger partial charge in [-0.05, 0) is 54.0 Å². The Morgan fingerprint density at radius 3 is 2.61 bits per heavy atom. The zero-order chi connectivity index (χ0) is 13.3. The third-order valence-electron chi connectivity index (χ3n) is 2.53. The lowest BCUT2D eigenvalue weighted by atomic mass is 10.2. The van der Waals surface area contributed by atoms with Crippen LogP contribution in [0, 0.1) is 13.8 Å². The van der Waals surface area contributed by atoms with Crippen LogP contribution in [0.5, 0.6) is 0 Å². The van der Waals surface area contributed by atoms with Crippen LogP contribution >= 0.6 is 15.9 Å². The van der Waals surface area contributed by atoms with Gasteiger partial charge in [0, 0.05) is 10.2 Å². The van der Waals surface area contributed by atoms with E-state index in [0.717, 1.165) is 4.47 Å². The lowest BCUT2D eigenvalue weighted by molar-refractivity contribution is 0.102. The number of nitrogen functional groups attached to an aromatic ring is 1. The quantitative estimate of drug-likeness (QED) is 0.834. The lowest BCUT2D eigenvalue weighted by Gasteiger charge is -2.07. The first-order chi connectivity index (χ1) is 8.47. The molecule has 1 amide bonds. The smallest absolute Gasteiger partial charge is 0.259 e. The van der Waals surface area contributed by atoms with Gasteiger partial charge in [0.2, 0.25) is 0 Å². The van der Waals surface area contributed by atoms with Crippen molar-refractivity contribution >= 4 is 33.2 Å². The highest BCUT2D eigenvalue weighted by molar-refractivity contribution is 9.10. The Hall–Kier alpha value is -1.75. The molecule has 0 aliphatic rings. The topological polar surface area (TPSA) is 68.3 Å². The summed E-state index contributed by atoms with van der Waals surface area (Å²) in [6.45, 7) is 3.57. The van der Waals surface area contributed by atoms with Gasteiger partial charge in [-0.1, -0.05) is 0 Å². The molecule has 1 aromatic heterocycles. The summed E-state index contributed by atoms with van der Waals surface area (Å²) in [5.74, 6) is 1.13. The minimum Gasteiger partial charge on any atom is -0.466 e. The summed E-state index contributed by atoms with van der Waals surface area (Å²) in [6.07, 6.45) is 0. The maximum absolute atomic E-state index is 12.1. The van der Waals surface area contributed by atoms with E-state index in [9.17, 15) is 4.79 Å². The van der Waals surface area contributed by atoms with Crippen LogP contribution in [0.3, 0.4) is 0 Å². The van der Waals surface area contributed by atoms with Gasteiger partial charge in [-0.15, -0.1) is 0 Å². The number of rotatable bonds is 2. The molecule has 5 heteroatoms. The number of nitrogens with two attached hydrogens (primary N) is 1. The van der Waals surface area contributed by atoms with Gasteiger partial charge in [0.25, 0.3) is 5.91 Å². The number of carbonyl (C=O) groups excluding carboxylic acids is 1. The Kier molecular flexibility index (Phi) is 3.43. The molecule has 18 heavy (non-hydrogen) atoms. The van der Waals surface area contributed by atoms with Crippen molar-refractivity contribution in [2.75, 3.05) is 11.1 Å². The predicted octanol–water partition coefficient (Wildman–Crippen LogP) is 3.49. The fourth-order valence-corrected chi connectivity index (χ4v) is 2.17. The summed E-state index contributed by atoms with van der Waals surface area (Å²) in [4.78, 5) is 12.1. The SMILES string of the molecule is Cc1cc(C(=O)Nc2ccc(N)cc2Br)c(C)o1. The number of nitrogens with one attached hydrogen (secondary N) is 1. The Morgan fingerprint density at radius 2 is 2.06 bits per heavy atom. The van der Waals surface area contributed by atoms with Crippen LogP contribution in [0.25, 0.3) is 0 Å². The number of benzene rings is 1. The summed E-state index contributed by atoms with van der Waals surface area (Å²) >= 11 is 3.35. The minimum absolute atomic E-state index is 0.199. The number of halogens is 1. The van der Waals surface area contributed by atoms with Gasteiger partial charge in [-0.2, -0.15) is 0 Å². The van der Waals surface area contributed by atoms with Crippen molar-refractivity contribution in [3.8, 4) is 0 Å². The van der Waals surface area contributed by atoms with Crippen molar-refractivity contribution < 1.29 is 9.21 Å². The molecule has 0 spiro atoms. The highest BCUT2D eigenvalue weighted by atomic mass is 79.9. The Bertz CT molecular complexity index is 605. The van der Waals surface area contributed by atoms with Crippen LogP contribution in [-0.4, -0.2) is 5.91 Å². The average molecular weight is 309 g/mol. The van der Waals surface area contributed by atoms with E-state index in [-0.39, 0.29) is 5.91 Å². The molecule has 0 bridgehead atoms. The molecule has 3 N–H and O–H groups in total. The zero-order valence-corrected chi connectivity index (χ0v) is 11.7. The lowest BCUT2D eigenvalue weighted by Crippen LogP contribution is -2.12. The van der Waals surface area contributed by atoms with Gasteiger partial charge in [-0.3, -0.25) is 4.79 Å². The summed E-state index contributed by atoms with van der Waals surface area (Å²) in [7, 11) is 0. The summed E-state index contributed by atoms with van der Waals surface area (Å²) < 4.78 is 6.07. The summed E-state index contributed by atoms with van der Waals surface area (Å²) in [5.41, 5.74) is 7.49. The van der Waals surface area contributed by atoms with Crippen LogP contribution in [-0.2, 0) is 0 Å². The van der Waals surface area contributed by atoms with Gasteiger partial charge in [-0.25, -0.2) is 0 Å². The maximum atomic E-state index is 12.1. The fourth-order valence-electron chi connectivity index (χ4n) is 1.68. The number of carbonyl (C=O) groups is 1. The van der Waals surface area contributed by atoms with Crippen LogP contribution in [0.1, 0.15) is 21.9 Å². The molecule has 0 aliphatic carbocycles. The standard InChI is InChI=1S/C13H13BrN2O2/c1-7-5-10(8(2)18-7)13(17)16-12-4-3-9(15)6-11(12)14/h3-6H,15H2,1-2H3,(H,16,17). The van der Waals surface area contributed by atoms with Crippen molar-refractivity contribution in [2.45, 2.75) is 13.8 Å². The number of amides is 1. The number of furan rings is 1. The first-order valence-corrected chi connectivity index (χ1v) is 6.20. The Balaban J connectivity index is 2.24. The molecule has 0 saturated carbocycles. The number of hydrogen-bond donors (Lipinski definition) is 2. The normalized spacial score (nSPS) is 10.4. The van der Waals surface area contributed by atoms with Crippen molar-refractivity contribution in [2.24, 2.45) is 0 Å². The van der Waals surface area contributed by atoms with Crippen LogP contribution < -0.4 is 11.1 Å². The molecular formula is C13H13BrN2O2. The van der Waals surface area contributed by atoms with E-state index in [1.54, 1.807) is 31.2 Å².